The molecule has 156 valence electrons. The lowest BCUT2D eigenvalue weighted by Crippen LogP contribution is -2.32. The molecule has 1 unspecified atom stereocenters. The van der Waals surface area contributed by atoms with Gasteiger partial charge in [-0.15, -0.1) is 11.3 Å². The first-order valence-electron chi connectivity index (χ1n) is 9.71. The number of benzene rings is 1. The summed E-state index contributed by atoms with van der Waals surface area (Å²) in [7, 11) is -2.13. The summed E-state index contributed by atoms with van der Waals surface area (Å²) in [6, 6.07) is 10.2. The molecule has 0 spiro atoms. The quantitative estimate of drug-likeness (QED) is 0.594. The van der Waals surface area contributed by atoms with E-state index in [-0.39, 0.29) is 29.2 Å². The third-order valence-electron chi connectivity index (χ3n) is 5.28. The normalized spacial score (nSPS) is 17.1. The number of carbonyl (C=O) groups excluding carboxylic acids is 2. The summed E-state index contributed by atoms with van der Waals surface area (Å²) in [5.41, 5.74) is 0.475. The zero-order chi connectivity index (χ0) is 21.0. The zero-order valence-electron chi connectivity index (χ0n) is 16.7. The monoisotopic (exact) mass is 434 g/mol. The molecule has 1 aromatic carbocycles. The van der Waals surface area contributed by atoms with Crippen LogP contribution in [0.25, 0.3) is 0 Å². The number of hydrogen-bond donors (Lipinski definition) is 0. The molecule has 0 bridgehead atoms. The van der Waals surface area contributed by atoms with Crippen LogP contribution in [-0.2, 0) is 14.8 Å². The minimum absolute atomic E-state index is 0.0810. The van der Waals surface area contributed by atoms with Crippen LogP contribution in [0.1, 0.15) is 53.9 Å². The van der Waals surface area contributed by atoms with Gasteiger partial charge in [-0.1, -0.05) is 18.2 Å². The zero-order valence-corrected chi connectivity index (χ0v) is 18.3. The minimum atomic E-state index is -3.65. The Kier molecular flexibility index (Phi) is 6.87. The van der Waals surface area contributed by atoms with E-state index < -0.39 is 10.0 Å². The predicted molar refractivity (Wildman–Crippen MR) is 114 cm³/mol. The van der Waals surface area contributed by atoms with Crippen molar-refractivity contribution in [3.05, 3.63) is 52.2 Å². The molecule has 0 N–H and O–H groups in total. The summed E-state index contributed by atoms with van der Waals surface area (Å²) < 4.78 is 26.7. The van der Waals surface area contributed by atoms with Gasteiger partial charge in [-0.2, -0.15) is 0 Å². The smallest absolute Gasteiger partial charge is 0.242 e. The van der Waals surface area contributed by atoms with Crippen LogP contribution in [-0.4, -0.2) is 49.5 Å². The number of Topliss-reactive ketones (excluding diaryl/α,β-unsaturated/α-hetero) is 1. The largest absolute Gasteiger partial charge is 0.335 e. The van der Waals surface area contributed by atoms with Crippen molar-refractivity contribution in [2.45, 2.75) is 43.5 Å². The third kappa shape index (κ3) is 4.94. The maximum absolute atomic E-state index is 12.7. The number of rotatable bonds is 8. The van der Waals surface area contributed by atoms with Crippen LogP contribution in [0.4, 0.5) is 0 Å². The van der Waals surface area contributed by atoms with E-state index in [1.165, 1.54) is 47.4 Å². The lowest BCUT2D eigenvalue weighted by Gasteiger charge is -2.24. The van der Waals surface area contributed by atoms with E-state index in [2.05, 4.69) is 6.07 Å². The predicted octanol–water partition coefficient (Wildman–Crippen LogP) is 3.72. The van der Waals surface area contributed by atoms with Crippen molar-refractivity contribution in [2.75, 3.05) is 20.1 Å². The Morgan fingerprint density at radius 2 is 1.93 bits per heavy atom. The molecule has 1 fully saturated rings. The highest BCUT2D eigenvalue weighted by molar-refractivity contribution is 7.89. The number of hydrogen-bond acceptors (Lipinski definition) is 5. The van der Waals surface area contributed by atoms with E-state index in [0.29, 0.717) is 18.4 Å². The molecule has 3 rings (SSSR count). The minimum Gasteiger partial charge on any atom is -0.335 e. The molecule has 1 atom stereocenters. The first-order chi connectivity index (χ1) is 13.8. The molecule has 1 aliphatic rings. The number of carbonyl (C=O) groups is 2. The third-order valence-corrected chi connectivity index (χ3v) is 8.12. The van der Waals surface area contributed by atoms with Crippen LogP contribution in [0, 0.1) is 0 Å². The van der Waals surface area contributed by atoms with Gasteiger partial charge in [-0.05, 0) is 49.8 Å². The number of likely N-dealkylation sites (tertiary alicyclic amines) is 1. The highest BCUT2D eigenvalue weighted by Crippen LogP contribution is 2.34. The summed E-state index contributed by atoms with van der Waals surface area (Å²) in [6.45, 7) is 2.47. The van der Waals surface area contributed by atoms with Crippen molar-refractivity contribution < 1.29 is 18.0 Å². The Morgan fingerprint density at radius 1 is 1.21 bits per heavy atom. The van der Waals surface area contributed by atoms with Crippen LogP contribution >= 0.6 is 11.3 Å². The van der Waals surface area contributed by atoms with E-state index in [1.54, 1.807) is 11.3 Å². The maximum atomic E-state index is 12.7. The van der Waals surface area contributed by atoms with Crippen LogP contribution in [0.2, 0.25) is 0 Å². The summed E-state index contributed by atoms with van der Waals surface area (Å²) in [4.78, 5) is 27.3. The molecule has 0 radical (unpaired) electrons. The molecule has 2 aromatic rings. The van der Waals surface area contributed by atoms with Crippen molar-refractivity contribution in [3.8, 4) is 0 Å². The van der Waals surface area contributed by atoms with Gasteiger partial charge in [0.25, 0.3) is 0 Å². The SMILES string of the molecule is CC(=O)c1ccc(S(=O)(=O)N(C)CCCC(=O)N2CCCC2c2cccs2)cc1. The van der Waals surface area contributed by atoms with E-state index in [4.69, 9.17) is 0 Å². The molecular formula is C21H26N2O4S2. The van der Waals surface area contributed by atoms with Gasteiger partial charge in [0.05, 0.1) is 10.9 Å². The standard InChI is InChI=1S/C21H26N2O4S2/c1-16(24)17-9-11-18(12-10-17)29(26,27)22(2)13-4-8-21(25)23-14-3-6-19(23)20-7-5-15-28-20/h5,7,9-12,15,19H,3-4,6,8,13-14H2,1-2H3. The molecule has 0 saturated carbocycles. The van der Waals surface area contributed by atoms with Crippen molar-refractivity contribution in [1.82, 2.24) is 9.21 Å². The van der Waals surface area contributed by atoms with Crippen LogP contribution in [0.3, 0.4) is 0 Å². The maximum Gasteiger partial charge on any atom is 0.242 e. The second-order valence-electron chi connectivity index (χ2n) is 7.27. The van der Waals surface area contributed by atoms with Gasteiger partial charge in [0, 0.05) is 37.0 Å². The van der Waals surface area contributed by atoms with Crippen LogP contribution in [0.15, 0.2) is 46.7 Å². The van der Waals surface area contributed by atoms with Gasteiger partial charge >= 0.3 is 0 Å². The molecule has 1 aliphatic heterocycles. The van der Waals surface area contributed by atoms with Crippen molar-refractivity contribution in [1.29, 1.82) is 0 Å². The average Bonchev–Trinajstić information content (AvgIpc) is 3.39. The molecule has 6 nitrogen and oxygen atoms in total. The fraction of sp³-hybridized carbons (Fsp3) is 0.429. The van der Waals surface area contributed by atoms with Gasteiger partial charge < -0.3 is 4.90 Å². The first-order valence-corrected chi connectivity index (χ1v) is 12.0. The summed E-state index contributed by atoms with van der Waals surface area (Å²) in [5.74, 6) is -0.0268. The van der Waals surface area contributed by atoms with Crippen molar-refractivity contribution >= 4 is 33.1 Å². The molecule has 0 aliphatic carbocycles. The van der Waals surface area contributed by atoms with Gasteiger partial charge in [-0.25, -0.2) is 12.7 Å². The first kappa shape index (κ1) is 21.7. The molecule has 29 heavy (non-hydrogen) atoms. The molecule has 1 saturated heterocycles. The number of amides is 1. The highest BCUT2D eigenvalue weighted by atomic mass is 32.2. The second kappa shape index (κ2) is 9.19. The van der Waals surface area contributed by atoms with Gasteiger partial charge in [0.15, 0.2) is 5.78 Å². The summed E-state index contributed by atoms with van der Waals surface area (Å²) in [6.07, 6.45) is 2.77. The Morgan fingerprint density at radius 3 is 2.55 bits per heavy atom. The Labute approximate surface area is 176 Å². The molecule has 8 heteroatoms. The van der Waals surface area contributed by atoms with E-state index in [9.17, 15) is 18.0 Å². The molecule has 2 heterocycles. The molecule has 1 aromatic heterocycles. The number of ketones is 1. The number of nitrogens with zero attached hydrogens (tertiary/aromatic N) is 2. The Balaban J connectivity index is 1.55. The Hall–Kier alpha value is -2.03. The average molecular weight is 435 g/mol. The fourth-order valence-electron chi connectivity index (χ4n) is 3.60. The number of thiophene rings is 1. The summed E-state index contributed by atoms with van der Waals surface area (Å²) >= 11 is 1.67. The van der Waals surface area contributed by atoms with Crippen molar-refractivity contribution in [2.24, 2.45) is 0 Å². The topological polar surface area (TPSA) is 74.8 Å². The lowest BCUT2D eigenvalue weighted by molar-refractivity contribution is -0.132. The second-order valence-corrected chi connectivity index (χ2v) is 10.3. The van der Waals surface area contributed by atoms with Crippen LogP contribution < -0.4 is 0 Å². The summed E-state index contributed by atoms with van der Waals surface area (Å²) in [5, 5.41) is 2.03. The molecule has 1 amide bonds. The van der Waals surface area contributed by atoms with E-state index >= 15 is 0 Å². The van der Waals surface area contributed by atoms with E-state index in [0.717, 1.165) is 19.4 Å². The lowest BCUT2D eigenvalue weighted by atomic mass is 10.1. The van der Waals surface area contributed by atoms with Crippen molar-refractivity contribution in [3.63, 3.8) is 0 Å². The molecular weight excluding hydrogens is 408 g/mol. The fourth-order valence-corrected chi connectivity index (χ4v) is 5.68. The van der Waals surface area contributed by atoms with Gasteiger partial charge in [0.2, 0.25) is 15.9 Å². The van der Waals surface area contributed by atoms with E-state index in [1.807, 2.05) is 16.3 Å². The van der Waals surface area contributed by atoms with Crippen LogP contribution in [0.5, 0.6) is 0 Å². The highest BCUT2D eigenvalue weighted by Gasteiger charge is 2.30. The van der Waals surface area contributed by atoms with Gasteiger partial charge in [0.1, 0.15) is 0 Å². The number of sulfonamides is 1. The Bertz CT molecular complexity index is 953. The van der Waals surface area contributed by atoms with Gasteiger partial charge in [-0.3, -0.25) is 9.59 Å².